The molecule has 1 N–H and O–H groups in total. The molecule has 0 amide bonds. The summed E-state index contributed by atoms with van der Waals surface area (Å²) in [5, 5.41) is 18.6. The van der Waals surface area contributed by atoms with Crippen molar-refractivity contribution in [1.29, 1.82) is 0 Å². The second-order valence-electron chi connectivity index (χ2n) is 5.58. The van der Waals surface area contributed by atoms with Crippen molar-refractivity contribution in [1.82, 2.24) is 20.3 Å². The number of aromatic nitrogens is 4. The van der Waals surface area contributed by atoms with E-state index in [2.05, 4.69) is 25.7 Å². The molecule has 7 nitrogen and oxygen atoms in total. The van der Waals surface area contributed by atoms with Gasteiger partial charge in [0.05, 0.1) is 16.2 Å². The molecule has 0 bridgehead atoms. The molecule has 10 heteroatoms. The average molecular weight is 396 g/mol. The first-order valence-corrected chi connectivity index (χ1v) is 10.6. The first-order valence-electron chi connectivity index (χ1n) is 8.01. The van der Waals surface area contributed by atoms with Gasteiger partial charge in [0.25, 0.3) is 0 Å². The van der Waals surface area contributed by atoms with Crippen molar-refractivity contribution in [3.05, 3.63) is 23.4 Å². The van der Waals surface area contributed by atoms with Gasteiger partial charge in [-0.25, -0.2) is 0 Å². The Morgan fingerprint density at radius 3 is 3.20 bits per heavy atom. The molecule has 1 aliphatic rings. The van der Waals surface area contributed by atoms with Crippen molar-refractivity contribution >= 4 is 39.6 Å². The maximum Gasteiger partial charge on any atom is 0.240 e. The van der Waals surface area contributed by atoms with E-state index in [1.807, 2.05) is 24.4 Å². The Labute approximate surface area is 157 Å². The van der Waals surface area contributed by atoms with Gasteiger partial charge in [-0.15, -0.1) is 21.5 Å². The van der Waals surface area contributed by atoms with Gasteiger partial charge in [0.2, 0.25) is 16.8 Å². The Morgan fingerprint density at radius 1 is 1.44 bits per heavy atom. The molecule has 0 aliphatic carbocycles. The fourth-order valence-electron chi connectivity index (χ4n) is 2.44. The second-order valence-corrected chi connectivity index (χ2v) is 9.10. The van der Waals surface area contributed by atoms with Gasteiger partial charge >= 0.3 is 0 Å². The highest BCUT2D eigenvalue weighted by Gasteiger charge is 2.20. The van der Waals surface area contributed by atoms with Crippen LogP contribution in [-0.2, 0) is 4.74 Å². The predicted octanol–water partition coefficient (Wildman–Crippen LogP) is 4.09. The summed E-state index contributed by atoms with van der Waals surface area (Å²) in [6.45, 7) is 3.67. The summed E-state index contributed by atoms with van der Waals surface area (Å²) < 4.78 is 11.9. The minimum Gasteiger partial charge on any atom is -0.376 e. The zero-order valence-corrected chi connectivity index (χ0v) is 16.0. The van der Waals surface area contributed by atoms with E-state index in [-0.39, 0.29) is 11.4 Å². The fourth-order valence-corrected chi connectivity index (χ4v) is 5.03. The van der Waals surface area contributed by atoms with Crippen molar-refractivity contribution < 1.29 is 9.26 Å². The Balaban J connectivity index is 1.34. The number of rotatable bonds is 7. The van der Waals surface area contributed by atoms with Crippen molar-refractivity contribution in [2.24, 2.45) is 0 Å². The van der Waals surface area contributed by atoms with E-state index in [4.69, 9.17) is 9.26 Å². The van der Waals surface area contributed by atoms with Crippen LogP contribution >= 0.6 is 34.4 Å². The van der Waals surface area contributed by atoms with E-state index in [0.717, 1.165) is 40.3 Å². The molecule has 2 atom stereocenters. The maximum absolute atomic E-state index is 5.60. The van der Waals surface area contributed by atoms with Crippen LogP contribution in [0, 0.1) is 0 Å². The first-order chi connectivity index (χ1) is 12.3. The van der Waals surface area contributed by atoms with E-state index in [9.17, 15) is 0 Å². The molecule has 0 aromatic carbocycles. The third kappa shape index (κ3) is 4.20. The summed E-state index contributed by atoms with van der Waals surface area (Å²) in [7, 11) is 0. The highest BCUT2D eigenvalue weighted by Crippen LogP contribution is 2.37. The number of hydrogen-bond donors (Lipinski definition) is 1. The zero-order chi connectivity index (χ0) is 17.1. The van der Waals surface area contributed by atoms with Crippen LogP contribution in [0.2, 0.25) is 0 Å². The van der Waals surface area contributed by atoms with Crippen molar-refractivity contribution in [2.75, 3.05) is 18.5 Å². The Kier molecular flexibility index (Phi) is 5.30. The molecule has 132 valence electrons. The van der Waals surface area contributed by atoms with Gasteiger partial charge in [0.15, 0.2) is 4.34 Å². The minimum absolute atomic E-state index is 0.0141. The summed E-state index contributed by atoms with van der Waals surface area (Å²) in [5.74, 6) is 1.23. The number of hydrogen-bond acceptors (Lipinski definition) is 10. The second kappa shape index (κ2) is 7.81. The quantitative estimate of drug-likeness (QED) is 0.599. The highest BCUT2D eigenvalue weighted by atomic mass is 32.2. The van der Waals surface area contributed by atoms with Gasteiger partial charge in [-0.1, -0.05) is 34.3 Å². The zero-order valence-electron chi connectivity index (χ0n) is 13.5. The van der Waals surface area contributed by atoms with Gasteiger partial charge in [0, 0.05) is 13.2 Å². The lowest BCUT2D eigenvalue weighted by molar-refractivity contribution is 0.120. The summed E-state index contributed by atoms with van der Waals surface area (Å²) in [6, 6.07) is 3.95. The lowest BCUT2D eigenvalue weighted by Crippen LogP contribution is -2.18. The Morgan fingerprint density at radius 2 is 2.40 bits per heavy atom. The van der Waals surface area contributed by atoms with Crippen molar-refractivity contribution in [2.45, 2.75) is 35.5 Å². The topological polar surface area (TPSA) is 86.0 Å². The SMILES string of the molecule is CC(Sc1nnc(NCC2CCCO2)s1)c1nc(-c2cccs2)no1. The molecule has 2 unspecified atom stereocenters. The predicted molar refractivity (Wildman–Crippen MR) is 99.3 cm³/mol. The largest absolute Gasteiger partial charge is 0.376 e. The summed E-state index contributed by atoms with van der Waals surface area (Å²) in [5.41, 5.74) is 0. The molecular formula is C15H17N5O2S3. The van der Waals surface area contributed by atoms with Crippen molar-refractivity contribution in [3.8, 4) is 10.7 Å². The van der Waals surface area contributed by atoms with E-state index in [1.54, 1.807) is 23.1 Å². The standard InChI is InChI=1S/C15H17N5O2S3/c1-9(13-17-12(20-22-13)11-5-3-7-23-11)24-15-19-18-14(25-15)16-8-10-4-2-6-21-10/h3,5,7,9-10H,2,4,6,8H2,1H3,(H,16,18). The van der Waals surface area contributed by atoms with Crippen LogP contribution in [0.4, 0.5) is 5.13 Å². The number of thiophene rings is 1. The summed E-state index contributed by atoms with van der Waals surface area (Å²) >= 11 is 4.69. The molecule has 1 aliphatic heterocycles. The molecule has 25 heavy (non-hydrogen) atoms. The van der Waals surface area contributed by atoms with Crippen LogP contribution in [0.3, 0.4) is 0 Å². The fraction of sp³-hybridized carbons (Fsp3) is 0.467. The monoisotopic (exact) mass is 395 g/mol. The van der Waals surface area contributed by atoms with E-state index in [1.165, 1.54) is 11.3 Å². The minimum atomic E-state index is 0.0141. The number of thioether (sulfide) groups is 1. The van der Waals surface area contributed by atoms with Crippen molar-refractivity contribution in [3.63, 3.8) is 0 Å². The van der Waals surface area contributed by atoms with Gasteiger partial charge in [-0.3, -0.25) is 0 Å². The van der Waals surface area contributed by atoms with Gasteiger partial charge in [0.1, 0.15) is 0 Å². The van der Waals surface area contributed by atoms with E-state index in [0.29, 0.717) is 11.7 Å². The molecule has 3 aromatic heterocycles. The number of ether oxygens (including phenoxy) is 1. The third-order valence-corrected chi connectivity index (χ3v) is 6.64. The molecule has 0 saturated carbocycles. The summed E-state index contributed by atoms with van der Waals surface area (Å²) in [6.07, 6.45) is 2.53. The average Bonchev–Trinajstić information content (AvgIpc) is 3.40. The van der Waals surface area contributed by atoms with Crippen LogP contribution in [-0.4, -0.2) is 39.6 Å². The molecule has 0 spiro atoms. The third-order valence-electron chi connectivity index (χ3n) is 3.72. The van der Waals surface area contributed by atoms with Crippen LogP contribution in [0.15, 0.2) is 26.4 Å². The van der Waals surface area contributed by atoms with Gasteiger partial charge in [-0.2, -0.15) is 4.98 Å². The van der Waals surface area contributed by atoms with E-state index >= 15 is 0 Å². The molecule has 0 radical (unpaired) electrons. The first kappa shape index (κ1) is 17.0. The molecular weight excluding hydrogens is 378 g/mol. The smallest absolute Gasteiger partial charge is 0.240 e. The van der Waals surface area contributed by atoms with Gasteiger partial charge < -0.3 is 14.6 Å². The lowest BCUT2D eigenvalue weighted by Gasteiger charge is -2.08. The Bertz CT molecular complexity index is 798. The molecule has 4 heterocycles. The molecule has 4 rings (SSSR count). The normalized spacial score (nSPS) is 18.5. The maximum atomic E-state index is 5.60. The van der Waals surface area contributed by atoms with Crippen LogP contribution in [0.1, 0.15) is 30.9 Å². The molecule has 1 fully saturated rings. The van der Waals surface area contributed by atoms with E-state index < -0.39 is 0 Å². The number of anilines is 1. The number of nitrogens with one attached hydrogen (secondary N) is 1. The Hall–Kier alpha value is -1.49. The van der Waals surface area contributed by atoms with Gasteiger partial charge in [-0.05, 0) is 31.2 Å². The number of nitrogens with zero attached hydrogens (tertiary/aromatic N) is 4. The van der Waals surface area contributed by atoms with Crippen LogP contribution in [0.25, 0.3) is 10.7 Å². The molecule has 1 saturated heterocycles. The lowest BCUT2D eigenvalue weighted by atomic mass is 10.2. The summed E-state index contributed by atoms with van der Waals surface area (Å²) in [4.78, 5) is 5.48. The molecule has 3 aromatic rings. The van der Waals surface area contributed by atoms with Crippen LogP contribution in [0.5, 0.6) is 0 Å². The van der Waals surface area contributed by atoms with Crippen LogP contribution < -0.4 is 5.32 Å². The highest BCUT2D eigenvalue weighted by molar-refractivity contribution is 8.01.